The van der Waals surface area contributed by atoms with E-state index in [2.05, 4.69) is 24.0 Å². The van der Waals surface area contributed by atoms with E-state index in [1.165, 1.54) is 5.56 Å². The van der Waals surface area contributed by atoms with Crippen molar-refractivity contribution in [2.24, 2.45) is 4.99 Å². The summed E-state index contributed by atoms with van der Waals surface area (Å²) in [6.45, 7) is 3.66. The van der Waals surface area contributed by atoms with E-state index >= 15 is 0 Å². The fourth-order valence-corrected chi connectivity index (χ4v) is 1.90. The minimum absolute atomic E-state index is 0.748. The van der Waals surface area contributed by atoms with Gasteiger partial charge >= 0.3 is 0 Å². The van der Waals surface area contributed by atoms with E-state index in [0.717, 1.165) is 37.7 Å². The molecule has 0 bridgehead atoms. The van der Waals surface area contributed by atoms with Crippen molar-refractivity contribution in [1.29, 1.82) is 0 Å². The Morgan fingerprint density at radius 2 is 1.60 bits per heavy atom. The molecule has 1 aromatic carbocycles. The van der Waals surface area contributed by atoms with Crippen LogP contribution in [0.4, 0.5) is 0 Å². The number of rotatable bonds is 6. The van der Waals surface area contributed by atoms with Gasteiger partial charge in [0, 0.05) is 34.7 Å². The summed E-state index contributed by atoms with van der Waals surface area (Å²) in [5, 5.41) is 0. The highest BCUT2D eigenvalue weighted by atomic mass is 16.5. The van der Waals surface area contributed by atoms with Crippen LogP contribution in [0.1, 0.15) is 18.4 Å². The minimum atomic E-state index is 0.748. The molecule has 0 amide bonds. The number of unbranched alkanes of at least 4 members (excludes halogenated alkanes) is 1. The molecule has 0 radical (unpaired) electrons. The lowest BCUT2D eigenvalue weighted by Crippen LogP contribution is -2.35. The van der Waals surface area contributed by atoms with Crippen LogP contribution in [0.2, 0.25) is 0 Å². The molecule has 0 atom stereocenters. The van der Waals surface area contributed by atoms with E-state index in [9.17, 15) is 0 Å². The van der Waals surface area contributed by atoms with E-state index in [-0.39, 0.29) is 0 Å². The zero-order chi connectivity index (χ0) is 15.0. The normalized spacial score (nSPS) is 10.1. The first kappa shape index (κ1) is 16.3. The molecule has 0 aromatic heterocycles. The number of hydrogen-bond acceptors (Lipinski definition) is 2. The molecule has 0 saturated carbocycles. The summed E-state index contributed by atoms with van der Waals surface area (Å²) >= 11 is 0. The van der Waals surface area contributed by atoms with Gasteiger partial charge in [0.15, 0.2) is 5.96 Å². The van der Waals surface area contributed by atoms with Gasteiger partial charge in [0.05, 0.1) is 6.61 Å². The van der Waals surface area contributed by atoms with Crippen LogP contribution in [-0.2, 0) is 0 Å². The average molecular weight is 277 g/mol. The summed E-state index contributed by atoms with van der Waals surface area (Å²) < 4.78 is 5.69. The van der Waals surface area contributed by atoms with Crippen LogP contribution in [0, 0.1) is 6.92 Å². The molecular formula is C16H27N3O. The molecule has 112 valence electrons. The SMILES string of the molecule is Cc1ccc(OCCCCN=C(N(C)C)N(C)C)cc1. The van der Waals surface area contributed by atoms with Gasteiger partial charge in [-0.1, -0.05) is 17.7 Å². The van der Waals surface area contributed by atoms with Gasteiger partial charge in [-0.05, 0) is 31.9 Å². The summed E-state index contributed by atoms with van der Waals surface area (Å²) in [6, 6.07) is 8.17. The molecule has 0 aliphatic heterocycles. The Balaban J connectivity index is 2.22. The second-order valence-electron chi connectivity index (χ2n) is 5.34. The van der Waals surface area contributed by atoms with Crippen LogP contribution in [0.3, 0.4) is 0 Å². The summed E-state index contributed by atoms with van der Waals surface area (Å²) in [6.07, 6.45) is 2.06. The molecule has 0 heterocycles. The van der Waals surface area contributed by atoms with Gasteiger partial charge in [0.25, 0.3) is 0 Å². The molecule has 4 nitrogen and oxygen atoms in total. The molecule has 0 spiro atoms. The molecule has 1 rings (SSSR count). The monoisotopic (exact) mass is 277 g/mol. The predicted octanol–water partition coefficient (Wildman–Crippen LogP) is 2.63. The smallest absolute Gasteiger partial charge is 0.195 e. The lowest BCUT2D eigenvalue weighted by atomic mass is 10.2. The summed E-state index contributed by atoms with van der Waals surface area (Å²) in [5.41, 5.74) is 1.26. The molecule has 4 heteroatoms. The van der Waals surface area contributed by atoms with E-state index in [1.54, 1.807) is 0 Å². The first-order chi connectivity index (χ1) is 9.50. The third kappa shape index (κ3) is 5.95. The zero-order valence-corrected chi connectivity index (χ0v) is 13.4. The van der Waals surface area contributed by atoms with E-state index in [0.29, 0.717) is 0 Å². The van der Waals surface area contributed by atoms with Crippen molar-refractivity contribution in [1.82, 2.24) is 9.80 Å². The highest BCUT2D eigenvalue weighted by Crippen LogP contribution is 2.11. The number of ether oxygens (including phenoxy) is 1. The van der Waals surface area contributed by atoms with Gasteiger partial charge < -0.3 is 14.5 Å². The lowest BCUT2D eigenvalue weighted by molar-refractivity contribution is 0.307. The van der Waals surface area contributed by atoms with Gasteiger partial charge in [-0.15, -0.1) is 0 Å². The highest BCUT2D eigenvalue weighted by Gasteiger charge is 2.02. The number of benzene rings is 1. The van der Waals surface area contributed by atoms with Crippen molar-refractivity contribution in [2.75, 3.05) is 41.3 Å². The molecule has 20 heavy (non-hydrogen) atoms. The van der Waals surface area contributed by atoms with Gasteiger partial charge in [0.1, 0.15) is 5.75 Å². The maximum absolute atomic E-state index is 5.69. The quantitative estimate of drug-likeness (QED) is 0.454. The first-order valence-corrected chi connectivity index (χ1v) is 7.09. The van der Waals surface area contributed by atoms with Crippen LogP contribution in [0.15, 0.2) is 29.3 Å². The van der Waals surface area contributed by atoms with Crippen molar-refractivity contribution in [3.05, 3.63) is 29.8 Å². The Kier molecular flexibility index (Phi) is 6.91. The maximum atomic E-state index is 5.69. The predicted molar refractivity (Wildman–Crippen MR) is 85.6 cm³/mol. The standard InChI is InChI=1S/C16H27N3O/c1-14-8-10-15(11-9-14)20-13-7-6-12-17-16(18(2)3)19(4)5/h8-11H,6-7,12-13H2,1-5H3. The third-order valence-corrected chi connectivity index (χ3v) is 2.90. The van der Waals surface area contributed by atoms with Crippen molar-refractivity contribution in [3.8, 4) is 5.75 Å². The minimum Gasteiger partial charge on any atom is -0.494 e. The van der Waals surface area contributed by atoms with Crippen LogP contribution in [0.25, 0.3) is 0 Å². The van der Waals surface area contributed by atoms with Crippen molar-refractivity contribution in [2.45, 2.75) is 19.8 Å². The number of nitrogens with zero attached hydrogens (tertiary/aromatic N) is 3. The van der Waals surface area contributed by atoms with E-state index in [4.69, 9.17) is 4.74 Å². The molecule has 1 aromatic rings. The number of guanidine groups is 1. The van der Waals surface area contributed by atoms with E-state index < -0.39 is 0 Å². The summed E-state index contributed by atoms with van der Waals surface area (Å²) in [5.74, 6) is 1.95. The van der Waals surface area contributed by atoms with Gasteiger partial charge in [0.2, 0.25) is 0 Å². The van der Waals surface area contributed by atoms with Crippen LogP contribution >= 0.6 is 0 Å². The zero-order valence-electron chi connectivity index (χ0n) is 13.4. The van der Waals surface area contributed by atoms with Crippen LogP contribution in [-0.4, -0.2) is 57.1 Å². The maximum Gasteiger partial charge on any atom is 0.195 e. The second kappa shape index (κ2) is 8.46. The van der Waals surface area contributed by atoms with Crippen molar-refractivity contribution < 1.29 is 4.74 Å². The summed E-state index contributed by atoms with van der Waals surface area (Å²) in [4.78, 5) is 8.65. The Labute approximate surface area is 123 Å². The van der Waals surface area contributed by atoms with Crippen LogP contribution in [0.5, 0.6) is 5.75 Å². The van der Waals surface area contributed by atoms with Gasteiger partial charge in [-0.2, -0.15) is 0 Å². The third-order valence-electron chi connectivity index (χ3n) is 2.90. The Morgan fingerprint density at radius 3 is 2.15 bits per heavy atom. The Hall–Kier alpha value is -1.71. The molecule has 0 aliphatic carbocycles. The molecule has 0 aliphatic rings. The number of hydrogen-bond donors (Lipinski definition) is 0. The Morgan fingerprint density at radius 1 is 1.00 bits per heavy atom. The lowest BCUT2D eigenvalue weighted by Gasteiger charge is -2.22. The largest absolute Gasteiger partial charge is 0.494 e. The average Bonchev–Trinajstić information content (AvgIpc) is 2.39. The Bertz CT molecular complexity index is 400. The molecule has 0 saturated heterocycles. The van der Waals surface area contributed by atoms with E-state index in [1.807, 2.05) is 50.1 Å². The van der Waals surface area contributed by atoms with Crippen molar-refractivity contribution >= 4 is 5.96 Å². The van der Waals surface area contributed by atoms with Crippen LogP contribution < -0.4 is 4.74 Å². The molecular weight excluding hydrogens is 250 g/mol. The van der Waals surface area contributed by atoms with Gasteiger partial charge in [-0.25, -0.2) is 0 Å². The first-order valence-electron chi connectivity index (χ1n) is 7.09. The molecule has 0 N–H and O–H groups in total. The van der Waals surface area contributed by atoms with Crippen molar-refractivity contribution in [3.63, 3.8) is 0 Å². The highest BCUT2D eigenvalue weighted by molar-refractivity contribution is 5.79. The number of aryl methyl sites for hydroxylation is 1. The second-order valence-corrected chi connectivity index (χ2v) is 5.34. The number of aliphatic imine (C=N–C) groups is 1. The fourth-order valence-electron chi connectivity index (χ4n) is 1.90. The van der Waals surface area contributed by atoms with Gasteiger partial charge in [-0.3, -0.25) is 4.99 Å². The molecule has 0 fully saturated rings. The topological polar surface area (TPSA) is 28.1 Å². The molecule has 0 unspecified atom stereocenters. The fraction of sp³-hybridized carbons (Fsp3) is 0.562. The summed E-state index contributed by atoms with van der Waals surface area (Å²) in [7, 11) is 8.05.